The van der Waals surface area contributed by atoms with Crippen molar-refractivity contribution in [3.8, 4) is 0 Å². The number of benzene rings is 1. The van der Waals surface area contributed by atoms with Gasteiger partial charge in [-0.05, 0) is 31.0 Å². The number of aryl methyl sites for hydroxylation is 1. The molecular weight excluding hydrogens is 289 g/mol. The molecule has 0 heterocycles. The summed E-state index contributed by atoms with van der Waals surface area (Å²) >= 11 is 0. The van der Waals surface area contributed by atoms with E-state index in [-0.39, 0.29) is 17.7 Å². The highest BCUT2D eigenvalue weighted by Crippen LogP contribution is 2.34. The molecule has 0 aliphatic rings. The lowest BCUT2D eigenvalue weighted by Crippen LogP contribution is -2.23. The molecule has 7 heteroatoms. The lowest BCUT2D eigenvalue weighted by atomic mass is 9.97. The summed E-state index contributed by atoms with van der Waals surface area (Å²) < 4.78 is 43.0. The van der Waals surface area contributed by atoms with E-state index in [0.717, 1.165) is 6.07 Å². The SMILES string of the molecule is CCOC(=O)CC(O)C(O)c1ccc(C)c(C(F)(F)F)c1. The van der Waals surface area contributed by atoms with Crippen LogP contribution in [0.4, 0.5) is 13.2 Å². The molecule has 1 aromatic rings. The van der Waals surface area contributed by atoms with Crippen molar-refractivity contribution < 1.29 is 32.9 Å². The average molecular weight is 306 g/mol. The Morgan fingerprint density at radius 1 is 1.33 bits per heavy atom. The molecule has 0 fully saturated rings. The predicted octanol–water partition coefficient (Wildman–Crippen LogP) is 2.36. The van der Waals surface area contributed by atoms with Crippen molar-refractivity contribution in [3.05, 3.63) is 34.9 Å². The summed E-state index contributed by atoms with van der Waals surface area (Å²) in [6.45, 7) is 2.99. The van der Waals surface area contributed by atoms with Crippen molar-refractivity contribution in [2.45, 2.75) is 38.7 Å². The van der Waals surface area contributed by atoms with Crippen LogP contribution < -0.4 is 0 Å². The fourth-order valence-corrected chi connectivity index (χ4v) is 1.85. The van der Waals surface area contributed by atoms with E-state index in [1.165, 1.54) is 19.1 Å². The zero-order valence-electron chi connectivity index (χ0n) is 11.6. The number of carbonyl (C=O) groups is 1. The predicted molar refractivity (Wildman–Crippen MR) is 68.4 cm³/mol. The number of alkyl halides is 3. The molecule has 4 nitrogen and oxygen atoms in total. The quantitative estimate of drug-likeness (QED) is 0.820. The maximum Gasteiger partial charge on any atom is 0.416 e. The molecule has 21 heavy (non-hydrogen) atoms. The van der Waals surface area contributed by atoms with E-state index in [0.29, 0.717) is 0 Å². The molecular formula is C14H17F3O4. The molecule has 0 spiro atoms. The molecule has 118 valence electrons. The third-order valence-electron chi connectivity index (χ3n) is 2.95. The molecule has 2 unspecified atom stereocenters. The zero-order chi connectivity index (χ0) is 16.2. The summed E-state index contributed by atoms with van der Waals surface area (Å²) in [5.74, 6) is -0.729. The highest BCUT2D eigenvalue weighted by Gasteiger charge is 2.33. The molecule has 0 aliphatic carbocycles. The Hall–Kier alpha value is -1.60. The van der Waals surface area contributed by atoms with Crippen molar-refractivity contribution in [2.24, 2.45) is 0 Å². The van der Waals surface area contributed by atoms with Crippen molar-refractivity contribution >= 4 is 5.97 Å². The van der Waals surface area contributed by atoms with E-state index in [9.17, 15) is 28.2 Å². The first-order valence-corrected chi connectivity index (χ1v) is 6.36. The van der Waals surface area contributed by atoms with Crippen LogP contribution >= 0.6 is 0 Å². The van der Waals surface area contributed by atoms with E-state index in [4.69, 9.17) is 0 Å². The molecule has 2 atom stereocenters. The highest BCUT2D eigenvalue weighted by molar-refractivity contribution is 5.70. The van der Waals surface area contributed by atoms with Gasteiger partial charge in [0.2, 0.25) is 0 Å². The summed E-state index contributed by atoms with van der Waals surface area (Å²) in [7, 11) is 0. The largest absolute Gasteiger partial charge is 0.466 e. The van der Waals surface area contributed by atoms with Crippen LogP contribution in [0.3, 0.4) is 0 Å². The monoisotopic (exact) mass is 306 g/mol. The topological polar surface area (TPSA) is 66.8 Å². The van der Waals surface area contributed by atoms with Crippen LogP contribution in [0, 0.1) is 6.92 Å². The molecule has 2 N–H and O–H groups in total. The molecule has 0 saturated carbocycles. The Morgan fingerprint density at radius 3 is 2.48 bits per heavy atom. The van der Waals surface area contributed by atoms with Crippen LogP contribution in [-0.2, 0) is 15.7 Å². The van der Waals surface area contributed by atoms with Gasteiger partial charge in [0, 0.05) is 0 Å². The molecule has 0 saturated heterocycles. The average Bonchev–Trinajstić information content (AvgIpc) is 2.37. The Kier molecular flexibility index (Phi) is 5.74. The second kappa shape index (κ2) is 6.91. The van der Waals surface area contributed by atoms with Gasteiger partial charge in [0.25, 0.3) is 0 Å². The van der Waals surface area contributed by atoms with E-state index in [2.05, 4.69) is 4.74 Å². The molecule has 0 amide bonds. The van der Waals surface area contributed by atoms with E-state index in [1.807, 2.05) is 0 Å². The highest BCUT2D eigenvalue weighted by atomic mass is 19.4. The molecule has 1 rings (SSSR count). The van der Waals surface area contributed by atoms with Crippen LogP contribution in [0.15, 0.2) is 18.2 Å². The first kappa shape index (κ1) is 17.5. The van der Waals surface area contributed by atoms with E-state index in [1.54, 1.807) is 6.92 Å². The van der Waals surface area contributed by atoms with Crippen LogP contribution in [0.25, 0.3) is 0 Å². The van der Waals surface area contributed by atoms with Gasteiger partial charge in [-0.25, -0.2) is 0 Å². The number of rotatable bonds is 5. The first-order valence-electron chi connectivity index (χ1n) is 6.36. The summed E-state index contributed by atoms with van der Waals surface area (Å²) in [6.07, 6.45) is -8.18. The number of hydrogen-bond donors (Lipinski definition) is 2. The third-order valence-corrected chi connectivity index (χ3v) is 2.95. The van der Waals surface area contributed by atoms with Gasteiger partial charge in [0.15, 0.2) is 0 Å². The van der Waals surface area contributed by atoms with Gasteiger partial charge in [-0.1, -0.05) is 12.1 Å². The number of hydrogen-bond acceptors (Lipinski definition) is 4. The Bertz CT molecular complexity index is 499. The molecule has 0 bridgehead atoms. The molecule has 0 radical (unpaired) electrons. The van der Waals surface area contributed by atoms with Crippen LogP contribution in [0.1, 0.15) is 36.1 Å². The summed E-state index contributed by atoms with van der Waals surface area (Å²) in [6, 6.07) is 3.26. The minimum atomic E-state index is -4.55. The van der Waals surface area contributed by atoms with Crippen LogP contribution in [0.5, 0.6) is 0 Å². The fourth-order valence-electron chi connectivity index (χ4n) is 1.85. The Balaban J connectivity index is 2.92. The molecule has 1 aromatic carbocycles. The Morgan fingerprint density at radius 2 is 1.95 bits per heavy atom. The summed E-state index contributed by atoms with van der Waals surface area (Å²) in [5.41, 5.74) is -0.981. The van der Waals surface area contributed by atoms with Crippen LogP contribution in [0.2, 0.25) is 0 Å². The maximum atomic E-state index is 12.8. The van der Waals surface area contributed by atoms with Gasteiger partial charge >= 0.3 is 12.1 Å². The maximum absolute atomic E-state index is 12.8. The summed E-state index contributed by atoms with van der Waals surface area (Å²) in [4.78, 5) is 11.2. The summed E-state index contributed by atoms with van der Waals surface area (Å²) in [5, 5.41) is 19.6. The number of aliphatic hydroxyl groups excluding tert-OH is 2. The van der Waals surface area contributed by atoms with Gasteiger partial charge in [0.05, 0.1) is 24.7 Å². The second-order valence-electron chi connectivity index (χ2n) is 4.59. The standard InChI is InChI=1S/C14H17F3O4/c1-3-21-12(19)7-11(18)13(20)9-5-4-8(2)10(6-9)14(15,16)17/h4-6,11,13,18,20H,3,7H2,1-2H3. The van der Waals surface area contributed by atoms with Crippen molar-refractivity contribution in [2.75, 3.05) is 6.61 Å². The van der Waals surface area contributed by atoms with Gasteiger partial charge in [-0.2, -0.15) is 13.2 Å². The first-order chi connectivity index (χ1) is 9.66. The third kappa shape index (κ3) is 4.71. The second-order valence-corrected chi connectivity index (χ2v) is 4.59. The number of halogens is 3. The number of esters is 1. The van der Waals surface area contributed by atoms with Crippen molar-refractivity contribution in [1.82, 2.24) is 0 Å². The van der Waals surface area contributed by atoms with Crippen LogP contribution in [-0.4, -0.2) is 28.9 Å². The van der Waals surface area contributed by atoms with Crippen molar-refractivity contribution in [3.63, 3.8) is 0 Å². The number of ether oxygens (including phenoxy) is 1. The van der Waals surface area contributed by atoms with Gasteiger partial charge in [0.1, 0.15) is 6.10 Å². The lowest BCUT2D eigenvalue weighted by molar-refractivity contribution is -0.147. The number of carbonyl (C=O) groups excluding carboxylic acids is 1. The minimum Gasteiger partial charge on any atom is -0.466 e. The molecule has 0 aliphatic heterocycles. The van der Waals surface area contributed by atoms with Gasteiger partial charge in [-0.15, -0.1) is 0 Å². The number of aliphatic hydroxyl groups is 2. The van der Waals surface area contributed by atoms with Crippen molar-refractivity contribution in [1.29, 1.82) is 0 Å². The van der Waals surface area contributed by atoms with E-state index >= 15 is 0 Å². The normalized spacial score (nSPS) is 14.6. The Labute approximate surface area is 120 Å². The molecule has 0 aromatic heterocycles. The van der Waals surface area contributed by atoms with E-state index < -0.39 is 36.3 Å². The minimum absolute atomic E-state index is 0.0123. The van der Waals surface area contributed by atoms with Gasteiger partial charge in [-0.3, -0.25) is 4.79 Å². The lowest BCUT2D eigenvalue weighted by Gasteiger charge is -2.19. The fraction of sp³-hybridized carbons (Fsp3) is 0.500. The van der Waals surface area contributed by atoms with Gasteiger partial charge < -0.3 is 14.9 Å². The smallest absolute Gasteiger partial charge is 0.416 e. The zero-order valence-corrected chi connectivity index (χ0v) is 11.6.